The number of hydrogen-bond acceptors (Lipinski definition) is 6. The Labute approximate surface area is 135 Å². The predicted octanol–water partition coefficient (Wildman–Crippen LogP) is 2.56. The molecule has 23 heavy (non-hydrogen) atoms. The summed E-state index contributed by atoms with van der Waals surface area (Å²) in [7, 11) is 3.91. The van der Waals surface area contributed by atoms with Crippen LogP contribution in [-0.4, -0.2) is 34.3 Å². The Morgan fingerprint density at radius 1 is 0.870 bits per heavy atom. The van der Waals surface area contributed by atoms with Gasteiger partial charge in [0.1, 0.15) is 17.2 Å². The van der Waals surface area contributed by atoms with E-state index < -0.39 is 0 Å². The summed E-state index contributed by atoms with van der Waals surface area (Å²) in [6.45, 7) is 1.96. The van der Waals surface area contributed by atoms with E-state index in [1.54, 1.807) is 0 Å². The van der Waals surface area contributed by atoms with Crippen LogP contribution in [0.2, 0.25) is 0 Å². The first kappa shape index (κ1) is 14.9. The number of aryl methyl sites for hydroxylation is 1. The van der Waals surface area contributed by atoms with E-state index in [4.69, 9.17) is 5.73 Å². The van der Waals surface area contributed by atoms with Crippen molar-refractivity contribution in [2.45, 2.75) is 6.92 Å². The first-order valence-corrected chi connectivity index (χ1v) is 7.26. The van der Waals surface area contributed by atoms with Crippen molar-refractivity contribution in [1.82, 2.24) is 20.2 Å². The van der Waals surface area contributed by atoms with E-state index >= 15 is 0 Å². The Balaban J connectivity index is 2.21. The third kappa shape index (κ3) is 3.11. The second kappa shape index (κ2) is 6.00. The molecule has 6 nitrogen and oxygen atoms in total. The van der Waals surface area contributed by atoms with Crippen molar-refractivity contribution < 1.29 is 0 Å². The van der Waals surface area contributed by atoms with E-state index in [1.807, 2.05) is 68.4 Å². The Morgan fingerprint density at radius 2 is 1.61 bits per heavy atom. The second-order valence-corrected chi connectivity index (χ2v) is 5.48. The maximum Gasteiger partial charge on any atom is 0.240 e. The fourth-order valence-corrected chi connectivity index (χ4v) is 2.35. The van der Waals surface area contributed by atoms with Crippen molar-refractivity contribution >= 4 is 11.8 Å². The lowest BCUT2D eigenvalue weighted by Crippen LogP contribution is -2.11. The molecule has 2 heterocycles. The molecule has 3 aromatic rings. The van der Waals surface area contributed by atoms with E-state index in [1.165, 1.54) is 0 Å². The molecule has 0 fully saturated rings. The van der Waals surface area contributed by atoms with Gasteiger partial charge in [0.2, 0.25) is 5.95 Å². The molecule has 2 N–H and O–H groups in total. The van der Waals surface area contributed by atoms with Crippen molar-refractivity contribution in [2.24, 2.45) is 0 Å². The average Bonchev–Trinajstić information content (AvgIpc) is 2.55. The molecule has 0 aliphatic rings. The molecule has 6 heteroatoms. The molecule has 0 unspecified atom stereocenters. The molecule has 0 aliphatic carbocycles. The quantitative estimate of drug-likeness (QED) is 0.801. The van der Waals surface area contributed by atoms with Gasteiger partial charge in [-0.05, 0) is 19.1 Å². The third-order valence-electron chi connectivity index (χ3n) is 3.42. The van der Waals surface area contributed by atoms with Gasteiger partial charge in [0.25, 0.3) is 0 Å². The van der Waals surface area contributed by atoms with Gasteiger partial charge in [-0.25, -0.2) is 9.97 Å². The molecule has 0 atom stereocenters. The highest BCUT2D eigenvalue weighted by Crippen LogP contribution is 2.30. The van der Waals surface area contributed by atoms with E-state index in [2.05, 4.69) is 20.2 Å². The first-order valence-electron chi connectivity index (χ1n) is 7.26. The van der Waals surface area contributed by atoms with Gasteiger partial charge in [-0.1, -0.05) is 30.3 Å². The van der Waals surface area contributed by atoms with Gasteiger partial charge >= 0.3 is 0 Å². The van der Waals surface area contributed by atoms with Gasteiger partial charge in [-0.3, -0.25) is 0 Å². The smallest absolute Gasteiger partial charge is 0.240 e. The van der Waals surface area contributed by atoms with Crippen LogP contribution < -0.4 is 10.6 Å². The van der Waals surface area contributed by atoms with Gasteiger partial charge in [0.15, 0.2) is 0 Å². The second-order valence-electron chi connectivity index (χ2n) is 5.48. The number of anilines is 2. The molecule has 0 saturated heterocycles. The Hall–Kier alpha value is -3.02. The summed E-state index contributed by atoms with van der Waals surface area (Å²) in [6, 6.07) is 13.8. The molecule has 0 bridgehead atoms. The average molecular weight is 306 g/mol. The van der Waals surface area contributed by atoms with Crippen molar-refractivity contribution in [2.75, 3.05) is 24.7 Å². The van der Waals surface area contributed by atoms with Crippen LogP contribution >= 0.6 is 0 Å². The normalized spacial score (nSPS) is 10.6. The molecule has 0 radical (unpaired) electrons. The van der Waals surface area contributed by atoms with Gasteiger partial charge in [-0.15, -0.1) is 10.2 Å². The van der Waals surface area contributed by atoms with Crippen molar-refractivity contribution in [1.29, 1.82) is 0 Å². The highest BCUT2D eigenvalue weighted by atomic mass is 15.2. The number of pyridine rings is 1. The minimum Gasteiger partial charge on any atom is -0.366 e. The summed E-state index contributed by atoms with van der Waals surface area (Å²) in [5.41, 5.74) is 9.93. The Kier molecular flexibility index (Phi) is 3.89. The topological polar surface area (TPSA) is 80.8 Å². The molecular weight excluding hydrogens is 288 g/mol. The largest absolute Gasteiger partial charge is 0.366 e. The molecule has 1 aromatic carbocycles. The molecular formula is C17H18N6. The van der Waals surface area contributed by atoms with Crippen molar-refractivity contribution in [3.05, 3.63) is 48.2 Å². The van der Waals surface area contributed by atoms with E-state index in [9.17, 15) is 0 Å². The fraction of sp³-hybridized carbons (Fsp3) is 0.176. The molecule has 0 spiro atoms. The molecule has 0 amide bonds. The number of benzene rings is 1. The molecule has 0 saturated carbocycles. The summed E-state index contributed by atoms with van der Waals surface area (Å²) in [5.74, 6) is 1.02. The first-order chi connectivity index (χ1) is 11.0. The van der Waals surface area contributed by atoms with Crippen LogP contribution in [0.15, 0.2) is 42.5 Å². The van der Waals surface area contributed by atoms with Crippen LogP contribution in [0.3, 0.4) is 0 Å². The maximum atomic E-state index is 5.75. The van der Waals surface area contributed by atoms with E-state index in [0.717, 1.165) is 22.6 Å². The van der Waals surface area contributed by atoms with Crippen LogP contribution in [0, 0.1) is 6.92 Å². The number of nitrogens with two attached hydrogens (primary N) is 1. The van der Waals surface area contributed by atoms with Gasteiger partial charge in [-0.2, -0.15) is 0 Å². The predicted molar refractivity (Wildman–Crippen MR) is 92.0 cm³/mol. The highest BCUT2D eigenvalue weighted by Gasteiger charge is 2.14. The zero-order valence-electron chi connectivity index (χ0n) is 13.4. The van der Waals surface area contributed by atoms with Crippen LogP contribution in [0.25, 0.3) is 22.5 Å². The minimum atomic E-state index is 0.159. The van der Waals surface area contributed by atoms with Crippen molar-refractivity contribution in [3.8, 4) is 22.5 Å². The van der Waals surface area contributed by atoms with E-state index in [0.29, 0.717) is 11.4 Å². The highest BCUT2D eigenvalue weighted by molar-refractivity contribution is 5.79. The molecule has 3 rings (SSSR count). The van der Waals surface area contributed by atoms with E-state index in [-0.39, 0.29) is 5.95 Å². The summed E-state index contributed by atoms with van der Waals surface area (Å²) in [6.07, 6.45) is 0. The van der Waals surface area contributed by atoms with Crippen LogP contribution in [0.4, 0.5) is 11.8 Å². The molecule has 116 valence electrons. The lowest BCUT2D eigenvalue weighted by atomic mass is 10.0. The molecule has 2 aromatic heterocycles. The lowest BCUT2D eigenvalue weighted by Gasteiger charge is -2.14. The zero-order chi connectivity index (χ0) is 16.4. The summed E-state index contributed by atoms with van der Waals surface area (Å²) < 4.78 is 0. The Morgan fingerprint density at radius 3 is 2.30 bits per heavy atom. The standard InChI is InChI=1S/C17H18N6/c1-11-9-13(10-14(19-11)23(2)3)16-15(20-17(18)22-21-16)12-7-5-4-6-8-12/h4-10H,1-3H3,(H2,18,20,22). The van der Waals surface area contributed by atoms with Crippen LogP contribution in [-0.2, 0) is 0 Å². The lowest BCUT2D eigenvalue weighted by molar-refractivity contribution is 0.992. The Bertz CT molecular complexity index is 830. The van der Waals surface area contributed by atoms with Crippen molar-refractivity contribution in [3.63, 3.8) is 0 Å². The van der Waals surface area contributed by atoms with Gasteiger partial charge in [0, 0.05) is 30.9 Å². The monoisotopic (exact) mass is 306 g/mol. The van der Waals surface area contributed by atoms with Gasteiger partial charge < -0.3 is 10.6 Å². The maximum absolute atomic E-state index is 5.75. The number of rotatable bonds is 3. The fourth-order valence-electron chi connectivity index (χ4n) is 2.35. The van der Waals surface area contributed by atoms with Gasteiger partial charge in [0.05, 0.1) is 0 Å². The number of nitrogens with zero attached hydrogens (tertiary/aromatic N) is 5. The number of nitrogen functional groups attached to an aromatic ring is 1. The number of aromatic nitrogens is 4. The summed E-state index contributed by atoms with van der Waals surface area (Å²) >= 11 is 0. The van der Waals surface area contributed by atoms with Crippen LogP contribution in [0.1, 0.15) is 5.69 Å². The van der Waals surface area contributed by atoms with Crippen LogP contribution in [0.5, 0.6) is 0 Å². The third-order valence-corrected chi connectivity index (χ3v) is 3.42. The number of hydrogen-bond donors (Lipinski definition) is 1. The zero-order valence-corrected chi connectivity index (χ0v) is 13.4. The minimum absolute atomic E-state index is 0.159. The molecule has 0 aliphatic heterocycles. The summed E-state index contributed by atoms with van der Waals surface area (Å²) in [5, 5.41) is 8.21. The SMILES string of the molecule is Cc1cc(-c2nnc(N)nc2-c2ccccc2)cc(N(C)C)n1. The summed E-state index contributed by atoms with van der Waals surface area (Å²) in [4.78, 5) is 10.9.